The van der Waals surface area contributed by atoms with Crippen molar-refractivity contribution in [2.24, 2.45) is 0 Å². The predicted octanol–water partition coefficient (Wildman–Crippen LogP) is 5.40. The van der Waals surface area contributed by atoms with Crippen molar-refractivity contribution in [1.82, 2.24) is 20.4 Å². The van der Waals surface area contributed by atoms with Crippen molar-refractivity contribution in [1.29, 1.82) is 0 Å². The summed E-state index contributed by atoms with van der Waals surface area (Å²) in [4.78, 5) is 15.9. The number of rotatable bonds is 7. The third-order valence-corrected chi connectivity index (χ3v) is 7.55. The van der Waals surface area contributed by atoms with Gasteiger partial charge < -0.3 is 14.8 Å². The van der Waals surface area contributed by atoms with Crippen LogP contribution < -0.4 is 10.1 Å². The number of aromatic amines is 1. The van der Waals surface area contributed by atoms with Crippen LogP contribution in [-0.4, -0.2) is 59.0 Å². The molecule has 2 fully saturated rings. The van der Waals surface area contributed by atoms with Gasteiger partial charge >= 0.3 is 6.18 Å². The van der Waals surface area contributed by atoms with E-state index < -0.39 is 17.3 Å². The standard InChI is InChI=1S/C28H31F3N4O3.ClH/c1-19(20-5-7-21(8-6-20)22-16-32-33-17-22)34-26(36)27(10-13-37-14-11-27)35-12-9-25(18-35)38-24-4-2-3-23(15-24)28(29,30)31;/h2-8,15-17,19,25H,9-14,18H2,1H3,(H,32,33)(H,34,36);1H/t19-,25+;/m0./s1. The lowest BCUT2D eigenvalue weighted by molar-refractivity contribution is -0.141. The number of hydrogen-bond donors (Lipinski definition) is 2. The molecular formula is C28H32ClF3N4O3. The lowest BCUT2D eigenvalue weighted by atomic mass is 9.86. The minimum absolute atomic E-state index is 0. The van der Waals surface area contributed by atoms with Crippen molar-refractivity contribution < 1.29 is 27.4 Å². The molecule has 3 aromatic rings. The molecule has 11 heteroatoms. The molecule has 3 heterocycles. The summed E-state index contributed by atoms with van der Waals surface area (Å²) in [5.41, 5.74) is 1.52. The summed E-state index contributed by atoms with van der Waals surface area (Å²) in [6.45, 7) is 3.97. The van der Waals surface area contributed by atoms with Crippen molar-refractivity contribution in [3.05, 3.63) is 72.1 Å². The van der Waals surface area contributed by atoms with Gasteiger partial charge in [0.15, 0.2) is 0 Å². The van der Waals surface area contributed by atoms with E-state index in [0.717, 1.165) is 28.8 Å². The first kappa shape index (κ1) is 28.9. The van der Waals surface area contributed by atoms with Crippen molar-refractivity contribution in [3.63, 3.8) is 0 Å². The van der Waals surface area contributed by atoms with Gasteiger partial charge in [-0.1, -0.05) is 30.3 Å². The molecule has 5 rings (SSSR count). The average Bonchev–Trinajstić information content (AvgIpc) is 3.62. The molecule has 2 aromatic carbocycles. The van der Waals surface area contributed by atoms with Crippen molar-refractivity contribution in [3.8, 4) is 16.9 Å². The molecule has 2 aliphatic rings. The lowest BCUT2D eigenvalue weighted by Gasteiger charge is -2.43. The van der Waals surface area contributed by atoms with Gasteiger partial charge in [0.1, 0.15) is 17.4 Å². The Bertz CT molecular complexity index is 1230. The second-order valence-electron chi connectivity index (χ2n) is 9.95. The van der Waals surface area contributed by atoms with Crippen LogP contribution >= 0.6 is 12.4 Å². The monoisotopic (exact) mass is 564 g/mol. The largest absolute Gasteiger partial charge is 0.489 e. The third-order valence-electron chi connectivity index (χ3n) is 7.55. The molecule has 7 nitrogen and oxygen atoms in total. The Morgan fingerprint density at radius 2 is 1.92 bits per heavy atom. The molecule has 39 heavy (non-hydrogen) atoms. The van der Waals surface area contributed by atoms with E-state index in [1.54, 1.807) is 6.20 Å². The van der Waals surface area contributed by atoms with E-state index in [4.69, 9.17) is 9.47 Å². The van der Waals surface area contributed by atoms with E-state index in [-0.39, 0.29) is 36.2 Å². The Balaban J connectivity index is 0.00000353. The smallest absolute Gasteiger partial charge is 0.416 e. The molecule has 2 atom stereocenters. The summed E-state index contributed by atoms with van der Waals surface area (Å²) < 4.78 is 50.9. The number of alkyl halides is 3. The minimum atomic E-state index is -4.43. The molecule has 0 saturated carbocycles. The van der Waals surface area contributed by atoms with Gasteiger partial charge in [-0.05, 0) is 55.5 Å². The Morgan fingerprint density at radius 1 is 1.18 bits per heavy atom. The van der Waals surface area contributed by atoms with Gasteiger partial charge in [-0.3, -0.25) is 14.8 Å². The molecule has 0 spiro atoms. The maximum Gasteiger partial charge on any atom is 0.416 e. The first-order valence-electron chi connectivity index (χ1n) is 12.8. The molecular weight excluding hydrogens is 533 g/mol. The Kier molecular flexibility index (Phi) is 8.88. The van der Waals surface area contributed by atoms with E-state index in [9.17, 15) is 18.0 Å². The highest BCUT2D eigenvalue weighted by Gasteiger charge is 2.48. The molecule has 2 aliphatic heterocycles. The average molecular weight is 565 g/mol. The van der Waals surface area contributed by atoms with Gasteiger partial charge in [0.2, 0.25) is 5.91 Å². The fourth-order valence-corrected chi connectivity index (χ4v) is 5.33. The highest BCUT2D eigenvalue weighted by atomic mass is 35.5. The number of hydrogen-bond acceptors (Lipinski definition) is 5. The zero-order valence-electron chi connectivity index (χ0n) is 21.5. The van der Waals surface area contributed by atoms with E-state index in [0.29, 0.717) is 45.6 Å². The molecule has 0 bridgehead atoms. The van der Waals surface area contributed by atoms with Crippen LogP contribution in [0.3, 0.4) is 0 Å². The van der Waals surface area contributed by atoms with E-state index in [2.05, 4.69) is 20.4 Å². The Morgan fingerprint density at radius 3 is 2.59 bits per heavy atom. The first-order valence-corrected chi connectivity index (χ1v) is 12.8. The summed E-state index contributed by atoms with van der Waals surface area (Å²) in [6, 6.07) is 12.7. The Labute approximate surface area is 231 Å². The van der Waals surface area contributed by atoms with Crippen LogP contribution in [0.2, 0.25) is 0 Å². The van der Waals surface area contributed by atoms with E-state index in [1.165, 1.54) is 12.1 Å². The van der Waals surface area contributed by atoms with Crippen LogP contribution in [0.5, 0.6) is 5.75 Å². The van der Waals surface area contributed by atoms with Crippen LogP contribution in [0.15, 0.2) is 60.9 Å². The number of likely N-dealkylation sites (tertiary alicyclic amines) is 1. The van der Waals surface area contributed by atoms with Crippen LogP contribution in [-0.2, 0) is 15.7 Å². The fourth-order valence-electron chi connectivity index (χ4n) is 5.33. The number of halogens is 4. The van der Waals surface area contributed by atoms with E-state index in [1.807, 2.05) is 37.4 Å². The van der Waals surface area contributed by atoms with Crippen LogP contribution in [0.1, 0.15) is 43.4 Å². The first-order chi connectivity index (χ1) is 18.2. The van der Waals surface area contributed by atoms with Crippen molar-refractivity contribution in [2.45, 2.75) is 50.0 Å². The Hall–Kier alpha value is -3.08. The fraction of sp³-hybridized carbons (Fsp3) is 0.429. The number of carbonyl (C=O) groups excluding carboxylic acids is 1. The zero-order chi connectivity index (χ0) is 26.8. The minimum Gasteiger partial charge on any atom is -0.489 e. The van der Waals surface area contributed by atoms with Crippen molar-refractivity contribution in [2.75, 3.05) is 26.3 Å². The molecule has 1 amide bonds. The normalized spacial score (nSPS) is 20.2. The second-order valence-corrected chi connectivity index (χ2v) is 9.95. The highest BCUT2D eigenvalue weighted by molar-refractivity contribution is 5.87. The summed E-state index contributed by atoms with van der Waals surface area (Å²) in [6.07, 6.45) is 0.560. The molecule has 210 valence electrons. The molecule has 0 unspecified atom stereocenters. The van der Waals surface area contributed by atoms with Gasteiger partial charge in [-0.15, -0.1) is 12.4 Å². The highest BCUT2D eigenvalue weighted by Crippen LogP contribution is 2.35. The number of nitrogens with zero attached hydrogens (tertiary/aromatic N) is 2. The quantitative estimate of drug-likeness (QED) is 0.402. The summed E-state index contributed by atoms with van der Waals surface area (Å²) >= 11 is 0. The van der Waals surface area contributed by atoms with Gasteiger partial charge in [0.05, 0.1) is 17.8 Å². The van der Waals surface area contributed by atoms with Crippen molar-refractivity contribution >= 4 is 18.3 Å². The number of carbonyl (C=O) groups is 1. The molecule has 0 aliphatic carbocycles. The third kappa shape index (κ3) is 6.40. The number of aromatic nitrogens is 2. The topological polar surface area (TPSA) is 79.5 Å². The molecule has 0 radical (unpaired) electrons. The summed E-state index contributed by atoms with van der Waals surface area (Å²) in [5.74, 6) is 0.122. The zero-order valence-corrected chi connectivity index (χ0v) is 22.4. The number of ether oxygens (including phenoxy) is 2. The maximum absolute atomic E-state index is 13.8. The molecule has 2 saturated heterocycles. The summed E-state index contributed by atoms with van der Waals surface area (Å²) in [5, 5.41) is 10.00. The predicted molar refractivity (Wildman–Crippen MR) is 143 cm³/mol. The van der Waals surface area contributed by atoms with Gasteiger partial charge in [-0.25, -0.2) is 0 Å². The number of benzene rings is 2. The van der Waals surface area contributed by atoms with Gasteiger partial charge in [0.25, 0.3) is 0 Å². The maximum atomic E-state index is 13.8. The second kappa shape index (κ2) is 12.0. The number of H-pyrrole nitrogens is 1. The number of amides is 1. The van der Waals surface area contributed by atoms with Gasteiger partial charge in [-0.2, -0.15) is 18.3 Å². The summed E-state index contributed by atoms with van der Waals surface area (Å²) in [7, 11) is 0. The van der Waals surface area contributed by atoms with E-state index >= 15 is 0 Å². The van der Waals surface area contributed by atoms with Gasteiger partial charge in [0, 0.05) is 38.1 Å². The molecule has 2 N–H and O–H groups in total. The SMILES string of the molecule is C[C@H](NC(=O)C1(N2CC[C@@H](Oc3cccc(C(F)(F)F)c3)C2)CCOCC1)c1ccc(-c2cn[nH]c2)cc1.Cl. The lowest BCUT2D eigenvalue weighted by Crippen LogP contribution is -2.61. The van der Waals surface area contributed by atoms with Crippen LogP contribution in [0, 0.1) is 0 Å². The van der Waals surface area contributed by atoms with Crippen LogP contribution in [0.4, 0.5) is 13.2 Å². The number of nitrogens with one attached hydrogen (secondary N) is 2. The van der Waals surface area contributed by atoms with Crippen LogP contribution in [0.25, 0.3) is 11.1 Å². The molecule has 1 aromatic heterocycles.